The van der Waals surface area contributed by atoms with Crippen LogP contribution in [-0.2, 0) is 9.59 Å². The minimum atomic E-state index is -1.56. The highest BCUT2D eigenvalue weighted by molar-refractivity contribution is 5.80. The van der Waals surface area contributed by atoms with Gasteiger partial charge in [0, 0.05) is 12.0 Å². The number of carboxylic acid groups (broad SMARTS) is 2. The maximum atomic E-state index is 10.2. The van der Waals surface area contributed by atoms with E-state index in [1.807, 2.05) is 0 Å². The SMILES string of the molecule is CC(C=CC(=O)O)C(O)C(=O)O. The van der Waals surface area contributed by atoms with Crippen LogP contribution in [0, 0.1) is 5.92 Å². The van der Waals surface area contributed by atoms with E-state index in [2.05, 4.69) is 0 Å². The second-order valence-corrected chi connectivity index (χ2v) is 2.34. The molecule has 68 valence electrons. The Morgan fingerprint density at radius 3 is 2.17 bits per heavy atom. The lowest BCUT2D eigenvalue weighted by molar-refractivity contribution is -0.148. The molecule has 5 heteroatoms. The van der Waals surface area contributed by atoms with Gasteiger partial charge in [0.05, 0.1) is 0 Å². The van der Waals surface area contributed by atoms with Crippen molar-refractivity contribution in [2.75, 3.05) is 0 Å². The first-order valence-electron chi connectivity index (χ1n) is 3.27. The van der Waals surface area contributed by atoms with Gasteiger partial charge in [0.25, 0.3) is 0 Å². The topological polar surface area (TPSA) is 94.8 Å². The number of aliphatic carboxylic acids is 2. The number of carboxylic acids is 2. The minimum Gasteiger partial charge on any atom is -0.479 e. The van der Waals surface area contributed by atoms with Crippen LogP contribution in [0.4, 0.5) is 0 Å². The first-order valence-corrected chi connectivity index (χ1v) is 3.27. The molecule has 0 saturated carbocycles. The number of hydrogen-bond acceptors (Lipinski definition) is 3. The molecule has 0 bridgehead atoms. The smallest absolute Gasteiger partial charge is 0.333 e. The first kappa shape index (κ1) is 10.6. The predicted octanol–water partition coefficient (Wildman–Crippen LogP) is -0.291. The monoisotopic (exact) mass is 174 g/mol. The number of hydrogen-bond donors (Lipinski definition) is 3. The Kier molecular flexibility index (Phi) is 3.99. The predicted molar refractivity (Wildman–Crippen MR) is 39.6 cm³/mol. The second kappa shape index (κ2) is 4.50. The molecule has 0 spiro atoms. The molecule has 0 aromatic heterocycles. The van der Waals surface area contributed by atoms with Crippen LogP contribution in [-0.4, -0.2) is 33.4 Å². The average molecular weight is 174 g/mol. The quantitative estimate of drug-likeness (QED) is 0.509. The van der Waals surface area contributed by atoms with Crippen molar-refractivity contribution in [1.82, 2.24) is 0 Å². The van der Waals surface area contributed by atoms with Crippen molar-refractivity contribution in [3.05, 3.63) is 12.2 Å². The van der Waals surface area contributed by atoms with Crippen LogP contribution < -0.4 is 0 Å². The van der Waals surface area contributed by atoms with Gasteiger partial charge in [-0.15, -0.1) is 0 Å². The van der Waals surface area contributed by atoms with Crippen molar-refractivity contribution < 1.29 is 24.9 Å². The molecule has 5 nitrogen and oxygen atoms in total. The van der Waals surface area contributed by atoms with Crippen LogP contribution in [0.25, 0.3) is 0 Å². The molecule has 0 rings (SSSR count). The van der Waals surface area contributed by atoms with Crippen LogP contribution in [0.5, 0.6) is 0 Å². The lowest BCUT2D eigenvalue weighted by atomic mass is 10.1. The van der Waals surface area contributed by atoms with E-state index in [1.54, 1.807) is 0 Å². The second-order valence-electron chi connectivity index (χ2n) is 2.34. The summed E-state index contributed by atoms with van der Waals surface area (Å²) in [6.07, 6.45) is 0.374. The Hall–Kier alpha value is -1.36. The molecule has 3 N–H and O–H groups in total. The molecule has 0 aromatic rings. The lowest BCUT2D eigenvalue weighted by Crippen LogP contribution is -2.26. The van der Waals surface area contributed by atoms with Crippen molar-refractivity contribution in [1.29, 1.82) is 0 Å². The van der Waals surface area contributed by atoms with Crippen LogP contribution >= 0.6 is 0 Å². The zero-order valence-corrected chi connectivity index (χ0v) is 6.47. The Labute approximate surface area is 68.9 Å². The standard InChI is InChI=1S/C7H10O5/c1-4(2-3-5(8)9)6(10)7(11)12/h2-4,6,10H,1H3,(H,8,9)(H,11,12). The molecule has 0 amide bonds. The van der Waals surface area contributed by atoms with Gasteiger partial charge in [-0.1, -0.05) is 13.0 Å². The maximum absolute atomic E-state index is 10.2. The lowest BCUT2D eigenvalue weighted by Gasteiger charge is -2.08. The molecule has 0 aliphatic rings. The van der Waals surface area contributed by atoms with Gasteiger partial charge in [0.1, 0.15) is 0 Å². The highest BCUT2D eigenvalue weighted by atomic mass is 16.4. The third kappa shape index (κ3) is 3.72. The molecule has 0 aliphatic heterocycles. The Morgan fingerprint density at radius 1 is 1.33 bits per heavy atom. The Morgan fingerprint density at radius 2 is 1.83 bits per heavy atom. The fourth-order valence-corrected chi connectivity index (χ4v) is 0.564. The molecule has 0 aromatic carbocycles. The van der Waals surface area contributed by atoms with E-state index in [1.165, 1.54) is 6.92 Å². The Bertz CT molecular complexity index is 208. The van der Waals surface area contributed by atoms with Crippen LogP contribution in [0.1, 0.15) is 6.92 Å². The summed E-state index contributed by atoms with van der Waals surface area (Å²) in [6, 6.07) is 0. The van der Waals surface area contributed by atoms with Gasteiger partial charge in [-0.3, -0.25) is 0 Å². The van der Waals surface area contributed by atoms with Crippen molar-refractivity contribution in [3.8, 4) is 0 Å². The van der Waals surface area contributed by atoms with E-state index in [9.17, 15) is 9.59 Å². The van der Waals surface area contributed by atoms with Crippen molar-refractivity contribution in [3.63, 3.8) is 0 Å². The number of aliphatic hydroxyl groups excluding tert-OH is 1. The highest BCUT2D eigenvalue weighted by Gasteiger charge is 2.18. The maximum Gasteiger partial charge on any atom is 0.333 e. The van der Waals surface area contributed by atoms with E-state index in [0.717, 1.165) is 12.2 Å². The summed E-state index contributed by atoms with van der Waals surface area (Å²) < 4.78 is 0. The summed E-state index contributed by atoms with van der Waals surface area (Å²) in [6.45, 7) is 1.41. The summed E-state index contributed by atoms with van der Waals surface area (Å²) >= 11 is 0. The molecule has 0 fully saturated rings. The van der Waals surface area contributed by atoms with Crippen molar-refractivity contribution >= 4 is 11.9 Å². The summed E-state index contributed by atoms with van der Waals surface area (Å²) in [5.74, 6) is -3.24. The Balaban J connectivity index is 4.12. The van der Waals surface area contributed by atoms with Crippen molar-refractivity contribution in [2.45, 2.75) is 13.0 Å². The third-order valence-corrected chi connectivity index (χ3v) is 1.29. The van der Waals surface area contributed by atoms with Gasteiger partial charge in [-0.2, -0.15) is 0 Å². The van der Waals surface area contributed by atoms with Gasteiger partial charge < -0.3 is 15.3 Å². The van der Waals surface area contributed by atoms with Crippen molar-refractivity contribution in [2.24, 2.45) is 5.92 Å². The summed E-state index contributed by atoms with van der Waals surface area (Å²) in [7, 11) is 0. The van der Waals surface area contributed by atoms with E-state index >= 15 is 0 Å². The normalized spacial score (nSPS) is 15.8. The summed E-state index contributed by atoms with van der Waals surface area (Å²) in [5.41, 5.74) is 0. The van der Waals surface area contributed by atoms with E-state index in [-0.39, 0.29) is 0 Å². The molecular weight excluding hydrogens is 164 g/mol. The minimum absolute atomic E-state index is 0.710. The first-order chi connectivity index (χ1) is 5.45. The van der Waals surface area contributed by atoms with Crippen LogP contribution in [0.3, 0.4) is 0 Å². The molecular formula is C7H10O5. The van der Waals surface area contributed by atoms with Crippen LogP contribution in [0.15, 0.2) is 12.2 Å². The largest absolute Gasteiger partial charge is 0.479 e. The molecule has 12 heavy (non-hydrogen) atoms. The number of aliphatic hydroxyl groups is 1. The number of rotatable bonds is 4. The molecule has 2 unspecified atom stereocenters. The van der Waals surface area contributed by atoms with E-state index in [0.29, 0.717) is 0 Å². The molecule has 0 aliphatic carbocycles. The van der Waals surface area contributed by atoms with E-state index in [4.69, 9.17) is 15.3 Å². The third-order valence-electron chi connectivity index (χ3n) is 1.29. The highest BCUT2D eigenvalue weighted by Crippen LogP contribution is 2.04. The molecule has 2 atom stereocenters. The van der Waals surface area contributed by atoms with Gasteiger partial charge in [-0.05, 0) is 0 Å². The summed E-state index contributed by atoms with van der Waals surface area (Å²) in [5, 5.41) is 25.3. The average Bonchev–Trinajstić information content (AvgIpc) is 1.98. The fourth-order valence-electron chi connectivity index (χ4n) is 0.564. The zero-order valence-electron chi connectivity index (χ0n) is 6.47. The molecule has 0 radical (unpaired) electrons. The van der Waals surface area contributed by atoms with Gasteiger partial charge in [-0.25, -0.2) is 9.59 Å². The van der Waals surface area contributed by atoms with E-state index < -0.39 is 24.0 Å². The van der Waals surface area contributed by atoms with Gasteiger partial charge in [0.2, 0.25) is 0 Å². The zero-order chi connectivity index (χ0) is 9.72. The van der Waals surface area contributed by atoms with Crippen LogP contribution in [0.2, 0.25) is 0 Å². The summed E-state index contributed by atoms with van der Waals surface area (Å²) in [4.78, 5) is 20.1. The number of carbonyl (C=O) groups is 2. The molecule has 0 heterocycles. The molecule has 0 saturated heterocycles. The van der Waals surface area contributed by atoms with Gasteiger partial charge >= 0.3 is 11.9 Å². The fraction of sp³-hybridized carbons (Fsp3) is 0.429. The van der Waals surface area contributed by atoms with Gasteiger partial charge in [0.15, 0.2) is 6.10 Å².